The predicted octanol–water partition coefficient (Wildman–Crippen LogP) is 1.93. The van der Waals surface area contributed by atoms with Gasteiger partial charge in [0.2, 0.25) is 0 Å². The van der Waals surface area contributed by atoms with Crippen LogP contribution in [0.3, 0.4) is 0 Å². The van der Waals surface area contributed by atoms with E-state index in [4.69, 9.17) is 5.73 Å². The predicted molar refractivity (Wildman–Crippen MR) is 78.8 cm³/mol. The van der Waals surface area contributed by atoms with Crippen LogP contribution in [0.15, 0.2) is 30.3 Å². The van der Waals surface area contributed by atoms with E-state index in [-0.39, 0.29) is 12.4 Å². The van der Waals surface area contributed by atoms with E-state index in [1.165, 1.54) is 0 Å². The summed E-state index contributed by atoms with van der Waals surface area (Å²) in [5, 5.41) is 13.1. The highest BCUT2D eigenvalue weighted by Gasteiger charge is 2.30. The van der Waals surface area contributed by atoms with Crippen LogP contribution in [0.2, 0.25) is 0 Å². The van der Waals surface area contributed by atoms with Gasteiger partial charge in [-0.2, -0.15) is 0 Å². The molecular weight excluding hydrogens is 248 g/mol. The van der Waals surface area contributed by atoms with Crippen LogP contribution in [0.25, 0.3) is 0 Å². The van der Waals surface area contributed by atoms with E-state index in [1.807, 2.05) is 30.3 Å². The van der Waals surface area contributed by atoms with Gasteiger partial charge in [0.15, 0.2) is 0 Å². The Balaban J connectivity index is 0.00000289. The highest BCUT2D eigenvalue weighted by atomic mass is 35.5. The Morgan fingerprint density at radius 3 is 2.22 bits per heavy atom. The zero-order chi connectivity index (χ0) is 12.9. The second-order valence-electron chi connectivity index (χ2n) is 5.15. The monoisotopic (exact) mass is 272 g/mol. The highest BCUT2D eigenvalue weighted by Crippen LogP contribution is 2.13. The van der Waals surface area contributed by atoms with Crippen LogP contribution in [0, 0.1) is 5.92 Å². The Hall–Kier alpha value is -0.610. The van der Waals surface area contributed by atoms with Crippen molar-refractivity contribution < 1.29 is 5.11 Å². The minimum atomic E-state index is -0.758. The molecule has 3 nitrogen and oxygen atoms in total. The maximum Gasteiger partial charge on any atom is 0.0967 e. The summed E-state index contributed by atoms with van der Waals surface area (Å²) < 4.78 is 0. The molecule has 0 aliphatic rings. The molecule has 2 unspecified atom stereocenters. The van der Waals surface area contributed by atoms with Crippen molar-refractivity contribution in [3.8, 4) is 0 Å². The van der Waals surface area contributed by atoms with Gasteiger partial charge in [0, 0.05) is 6.42 Å². The first-order valence-corrected chi connectivity index (χ1v) is 6.20. The van der Waals surface area contributed by atoms with Gasteiger partial charge in [0.25, 0.3) is 0 Å². The van der Waals surface area contributed by atoms with Gasteiger partial charge in [-0.1, -0.05) is 44.2 Å². The van der Waals surface area contributed by atoms with E-state index < -0.39 is 11.8 Å². The number of aliphatic hydroxyl groups excluding tert-OH is 1. The summed E-state index contributed by atoms with van der Waals surface area (Å²) in [6, 6.07) is 10.0. The second-order valence-corrected chi connectivity index (χ2v) is 5.15. The van der Waals surface area contributed by atoms with Gasteiger partial charge in [0.1, 0.15) is 0 Å². The SMILES string of the molecule is CC(C)CNC(N)(Cc1ccccc1)C(C)O.Cl. The molecule has 1 aromatic rings. The third-order valence-electron chi connectivity index (χ3n) is 2.92. The molecule has 0 aliphatic carbocycles. The summed E-state index contributed by atoms with van der Waals surface area (Å²) in [5.74, 6) is 0.507. The molecule has 0 aromatic heterocycles. The fraction of sp³-hybridized carbons (Fsp3) is 0.571. The summed E-state index contributed by atoms with van der Waals surface area (Å²) in [6.07, 6.45) is 0.0274. The summed E-state index contributed by atoms with van der Waals surface area (Å²) in [4.78, 5) is 0. The molecular formula is C14H25ClN2O. The van der Waals surface area contributed by atoms with Crippen molar-refractivity contribution in [3.63, 3.8) is 0 Å². The van der Waals surface area contributed by atoms with E-state index in [9.17, 15) is 5.11 Å². The standard InChI is InChI=1S/C14H24N2O.ClH/c1-11(2)10-16-14(15,12(3)17)9-13-7-5-4-6-8-13;/h4-8,11-12,16-17H,9-10,15H2,1-3H3;1H. The Morgan fingerprint density at radius 1 is 1.22 bits per heavy atom. The third kappa shape index (κ3) is 5.36. The number of hydrogen-bond donors (Lipinski definition) is 3. The summed E-state index contributed by atoms with van der Waals surface area (Å²) >= 11 is 0. The average molecular weight is 273 g/mol. The Morgan fingerprint density at radius 2 is 1.78 bits per heavy atom. The smallest absolute Gasteiger partial charge is 0.0967 e. The van der Waals surface area contributed by atoms with E-state index in [0.29, 0.717) is 12.3 Å². The first kappa shape index (κ1) is 17.4. The van der Waals surface area contributed by atoms with Crippen LogP contribution in [0.4, 0.5) is 0 Å². The lowest BCUT2D eigenvalue weighted by atomic mass is 9.95. The number of nitrogens with two attached hydrogens (primary N) is 1. The molecule has 4 heteroatoms. The average Bonchev–Trinajstić information content (AvgIpc) is 2.27. The quantitative estimate of drug-likeness (QED) is 0.694. The van der Waals surface area contributed by atoms with Crippen molar-refractivity contribution >= 4 is 12.4 Å². The molecule has 0 aliphatic heterocycles. The lowest BCUT2D eigenvalue weighted by molar-refractivity contribution is 0.0748. The number of rotatable bonds is 6. The van der Waals surface area contributed by atoms with E-state index >= 15 is 0 Å². The van der Waals surface area contributed by atoms with Crippen LogP contribution >= 0.6 is 12.4 Å². The van der Waals surface area contributed by atoms with Gasteiger partial charge in [-0.05, 0) is 24.9 Å². The zero-order valence-corrected chi connectivity index (χ0v) is 12.2. The molecule has 0 radical (unpaired) electrons. The molecule has 0 amide bonds. The number of hydrogen-bond acceptors (Lipinski definition) is 3. The van der Waals surface area contributed by atoms with Crippen LogP contribution < -0.4 is 11.1 Å². The number of halogens is 1. The topological polar surface area (TPSA) is 58.3 Å². The molecule has 1 aromatic carbocycles. The molecule has 0 fully saturated rings. The number of aliphatic hydroxyl groups is 1. The third-order valence-corrected chi connectivity index (χ3v) is 2.92. The molecule has 0 spiro atoms. The number of benzene rings is 1. The van der Waals surface area contributed by atoms with E-state index in [0.717, 1.165) is 12.1 Å². The van der Waals surface area contributed by atoms with Gasteiger partial charge in [-0.25, -0.2) is 0 Å². The van der Waals surface area contributed by atoms with Crippen molar-refractivity contribution in [3.05, 3.63) is 35.9 Å². The lowest BCUT2D eigenvalue weighted by Gasteiger charge is -2.34. The molecule has 0 saturated heterocycles. The molecule has 18 heavy (non-hydrogen) atoms. The highest BCUT2D eigenvalue weighted by molar-refractivity contribution is 5.85. The van der Waals surface area contributed by atoms with Gasteiger partial charge < -0.3 is 10.8 Å². The Labute approximate surface area is 116 Å². The molecule has 0 saturated carbocycles. The van der Waals surface area contributed by atoms with Crippen molar-refractivity contribution in [1.29, 1.82) is 0 Å². The molecule has 104 valence electrons. The maximum atomic E-state index is 9.86. The van der Waals surface area contributed by atoms with Gasteiger partial charge in [-0.15, -0.1) is 12.4 Å². The molecule has 2 atom stereocenters. The van der Waals surface area contributed by atoms with Crippen molar-refractivity contribution in [2.24, 2.45) is 11.7 Å². The second kappa shape index (κ2) is 7.74. The molecule has 0 heterocycles. The van der Waals surface area contributed by atoms with Gasteiger partial charge in [-0.3, -0.25) is 5.32 Å². The Kier molecular flexibility index (Phi) is 7.48. The van der Waals surface area contributed by atoms with Gasteiger partial charge >= 0.3 is 0 Å². The minimum absolute atomic E-state index is 0. The van der Waals surface area contributed by atoms with Gasteiger partial charge in [0.05, 0.1) is 11.8 Å². The molecule has 4 N–H and O–H groups in total. The van der Waals surface area contributed by atoms with Crippen molar-refractivity contribution in [1.82, 2.24) is 5.32 Å². The summed E-state index contributed by atoms with van der Waals surface area (Å²) in [6.45, 7) is 6.78. The first-order valence-electron chi connectivity index (χ1n) is 6.20. The van der Waals surface area contributed by atoms with Crippen LogP contribution in [0.1, 0.15) is 26.3 Å². The zero-order valence-electron chi connectivity index (χ0n) is 11.4. The van der Waals surface area contributed by atoms with Crippen LogP contribution in [-0.2, 0) is 6.42 Å². The maximum absolute atomic E-state index is 9.86. The normalized spacial score (nSPS) is 15.9. The fourth-order valence-corrected chi connectivity index (χ4v) is 1.69. The molecule has 0 bridgehead atoms. The van der Waals surface area contributed by atoms with E-state index in [2.05, 4.69) is 19.2 Å². The van der Waals surface area contributed by atoms with Crippen molar-refractivity contribution in [2.75, 3.05) is 6.54 Å². The van der Waals surface area contributed by atoms with Crippen molar-refractivity contribution in [2.45, 2.75) is 39.0 Å². The fourth-order valence-electron chi connectivity index (χ4n) is 1.69. The molecule has 1 rings (SSSR count). The minimum Gasteiger partial charge on any atom is -0.390 e. The lowest BCUT2D eigenvalue weighted by Crippen LogP contribution is -2.63. The largest absolute Gasteiger partial charge is 0.390 e. The summed E-state index contributed by atoms with van der Waals surface area (Å²) in [7, 11) is 0. The first-order chi connectivity index (χ1) is 7.94. The summed E-state index contributed by atoms with van der Waals surface area (Å²) in [5.41, 5.74) is 6.63. The van der Waals surface area contributed by atoms with E-state index in [1.54, 1.807) is 6.92 Å². The Bertz CT molecular complexity index is 330. The van der Waals surface area contributed by atoms with Crippen LogP contribution in [-0.4, -0.2) is 23.4 Å². The number of nitrogens with one attached hydrogen (secondary N) is 1. The van der Waals surface area contributed by atoms with Crippen LogP contribution in [0.5, 0.6) is 0 Å².